The van der Waals surface area contributed by atoms with Gasteiger partial charge in [0.05, 0.1) is 18.8 Å². The van der Waals surface area contributed by atoms with Crippen LogP contribution in [0, 0.1) is 5.92 Å². The summed E-state index contributed by atoms with van der Waals surface area (Å²) in [4.78, 5) is 14.3. The number of hydrogen-bond donors (Lipinski definition) is 1. The van der Waals surface area contributed by atoms with Crippen LogP contribution in [-0.2, 0) is 9.53 Å². The predicted octanol–water partition coefficient (Wildman–Crippen LogP) is 1.01. The van der Waals surface area contributed by atoms with Crippen LogP contribution in [0.4, 0.5) is 0 Å². The van der Waals surface area contributed by atoms with Crippen LogP contribution in [0.25, 0.3) is 0 Å². The van der Waals surface area contributed by atoms with Crippen LogP contribution in [-0.4, -0.2) is 49.2 Å². The molecule has 0 aromatic carbocycles. The summed E-state index contributed by atoms with van der Waals surface area (Å²) in [6, 6.07) is 0.0407. The Morgan fingerprint density at radius 3 is 3.06 bits per heavy atom. The highest BCUT2D eigenvalue weighted by Gasteiger charge is 2.31. The van der Waals surface area contributed by atoms with Gasteiger partial charge in [-0.1, -0.05) is 13.3 Å². The molecule has 0 aromatic rings. The maximum Gasteiger partial charge on any atom is 0.239 e. The molecule has 0 spiro atoms. The number of piperidine rings is 1. The van der Waals surface area contributed by atoms with E-state index in [-0.39, 0.29) is 18.1 Å². The van der Waals surface area contributed by atoms with Crippen molar-refractivity contribution in [2.75, 3.05) is 26.2 Å². The minimum atomic E-state index is 0.0407. The molecular weight excluding hydrogens is 216 g/mol. The van der Waals surface area contributed by atoms with Crippen molar-refractivity contribution in [3.05, 3.63) is 0 Å². The van der Waals surface area contributed by atoms with Gasteiger partial charge in [-0.05, 0) is 32.2 Å². The smallest absolute Gasteiger partial charge is 0.239 e. The summed E-state index contributed by atoms with van der Waals surface area (Å²) in [5.74, 6) is 0.988. The Morgan fingerprint density at radius 2 is 2.35 bits per heavy atom. The lowest BCUT2D eigenvalue weighted by molar-refractivity contribution is -0.141. The topological polar surface area (TPSA) is 41.6 Å². The predicted molar refractivity (Wildman–Crippen MR) is 66.8 cm³/mol. The van der Waals surface area contributed by atoms with Crippen molar-refractivity contribution in [3.8, 4) is 0 Å². The summed E-state index contributed by atoms with van der Waals surface area (Å²) < 4.78 is 5.47. The highest BCUT2D eigenvalue weighted by atomic mass is 16.5. The molecule has 0 saturated carbocycles. The monoisotopic (exact) mass is 240 g/mol. The lowest BCUT2D eigenvalue weighted by Gasteiger charge is -2.36. The quantitative estimate of drug-likeness (QED) is 0.783. The van der Waals surface area contributed by atoms with E-state index < -0.39 is 0 Å². The number of hydrogen-bond acceptors (Lipinski definition) is 3. The maximum absolute atomic E-state index is 12.4. The molecule has 98 valence electrons. The maximum atomic E-state index is 12.4. The van der Waals surface area contributed by atoms with E-state index in [1.807, 2.05) is 11.8 Å². The molecule has 17 heavy (non-hydrogen) atoms. The second kappa shape index (κ2) is 5.83. The summed E-state index contributed by atoms with van der Waals surface area (Å²) in [6.45, 7) is 7.40. The Bertz CT molecular complexity index is 270. The van der Waals surface area contributed by atoms with Crippen LogP contribution < -0.4 is 5.32 Å². The Kier molecular flexibility index (Phi) is 4.40. The van der Waals surface area contributed by atoms with Gasteiger partial charge in [0.1, 0.15) is 0 Å². The Labute approximate surface area is 104 Å². The number of ether oxygens (including phenoxy) is 1. The van der Waals surface area contributed by atoms with Gasteiger partial charge < -0.3 is 15.0 Å². The van der Waals surface area contributed by atoms with Crippen molar-refractivity contribution in [1.82, 2.24) is 10.2 Å². The fourth-order valence-corrected chi connectivity index (χ4v) is 2.79. The second-order valence-corrected chi connectivity index (χ2v) is 5.27. The van der Waals surface area contributed by atoms with Crippen molar-refractivity contribution in [2.45, 2.75) is 45.3 Å². The van der Waals surface area contributed by atoms with E-state index in [4.69, 9.17) is 4.74 Å². The van der Waals surface area contributed by atoms with Crippen molar-refractivity contribution in [1.29, 1.82) is 0 Å². The molecule has 0 radical (unpaired) electrons. The number of amides is 1. The number of morpholine rings is 1. The van der Waals surface area contributed by atoms with Gasteiger partial charge in [-0.3, -0.25) is 4.79 Å². The normalized spacial score (nSPS) is 34.7. The largest absolute Gasteiger partial charge is 0.375 e. The van der Waals surface area contributed by atoms with Crippen LogP contribution in [0.2, 0.25) is 0 Å². The van der Waals surface area contributed by atoms with Gasteiger partial charge in [0.2, 0.25) is 5.91 Å². The van der Waals surface area contributed by atoms with Crippen molar-refractivity contribution >= 4 is 5.91 Å². The standard InChI is InChI=1S/C13H24N2O2/c1-3-11-4-5-14-12(8-11)13(16)15-6-7-17-10(2)9-15/h10-12,14H,3-9H2,1-2H3. The first-order chi connectivity index (χ1) is 8.20. The molecule has 4 nitrogen and oxygen atoms in total. The molecule has 2 heterocycles. The summed E-state index contributed by atoms with van der Waals surface area (Å²) >= 11 is 0. The zero-order chi connectivity index (χ0) is 12.3. The van der Waals surface area contributed by atoms with Crippen LogP contribution in [0.15, 0.2) is 0 Å². The highest BCUT2D eigenvalue weighted by molar-refractivity contribution is 5.82. The number of rotatable bonds is 2. The molecule has 0 aromatic heterocycles. The average Bonchev–Trinajstić information content (AvgIpc) is 2.38. The molecule has 3 atom stereocenters. The number of carbonyl (C=O) groups excluding carboxylic acids is 1. The number of nitrogens with one attached hydrogen (secondary N) is 1. The third-order valence-corrected chi connectivity index (χ3v) is 3.94. The molecule has 3 unspecified atom stereocenters. The molecule has 2 aliphatic rings. The van der Waals surface area contributed by atoms with Crippen LogP contribution in [0.1, 0.15) is 33.1 Å². The van der Waals surface area contributed by atoms with Gasteiger partial charge in [-0.25, -0.2) is 0 Å². The van der Waals surface area contributed by atoms with Crippen molar-refractivity contribution < 1.29 is 9.53 Å². The minimum Gasteiger partial charge on any atom is -0.375 e. The first-order valence-electron chi connectivity index (χ1n) is 6.84. The van der Waals surface area contributed by atoms with E-state index in [1.165, 1.54) is 12.8 Å². The number of carbonyl (C=O) groups is 1. The van der Waals surface area contributed by atoms with Gasteiger partial charge in [0.15, 0.2) is 0 Å². The molecule has 1 N–H and O–H groups in total. The summed E-state index contributed by atoms with van der Waals surface area (Å²) in [5, 5.41) is 3.36. The van der Waals surface area contributed by atoms with Gasteiger partial charge in [-0.2, -0.15) is 0 Å². The lowest BCUT2D eigenvalue weighted by atomic mass is 9.90. The molecule has 2 saturated heterocycles. The van der Waals surface area contributed by atoms with E-state index >= 15 is 0 Å². The lowest BCUT2D eigenvalue weighted by Crippen LogP contribution is -2.54. The summed E-state index contributed by atoms with van der Waals surface area (Å²) in [5.41, 5.74) is 0. The zero-order valence-electron chi connectivity index (χ0n) is 10.9. The van der Waals surface area contributed by atoms with Crippen LogP contribution in [0.5, 0.6) is 0 Å². The average molecular weight is 240 g/mol. The Hall–Kier alpha value is -0.610. The van der Waals surface area contributed by atoms with E-state index in [2.05, 4.69) is 12.2 Å². The minimum absolute atomic E-state index is 0.0407. The van der Waals surface area contributed by atoms with Gasteiger partial charge in [0.25, 0.3) is 0 Å². The Morgan fingerprint density at radius 1 is 1.53 bits per heavy atom. The number of nitrogens with zero attached hydrogens (tertiary/aromatic N) is 1. The molecule has 4 heteroatoms. The SMILES string of the molecule is CCC1CCNC(C(=O)N2CCOC(C)C2)C1. The van der Waals surface area contributed by atoms with E-state index in [1.54, 1.807) is 0 Å². The summed E-state index contributed by atoms with van der Waals surface area (Å²) in [7, 11) is 0. The third kappa shape index (κ3) is 3.19. The summed E-state index contributed by atoms with van der Waals surface area (Å²) in [6.07, 6.45) is 3.57. The van der Waals surface area contributed by atoms with Crippen molar-refractivity contribution in [3.63, 3.8) is 0 Å². The molecule has 0 aliphatic carbocycles. The molecule has 1 amide bonds. The van der Waals surface area contributed by atoms with E-state index in [0.717, 1.165) is 26.1 Å². The van der Waals surface area contributed by atoms with Crippen molar-refractivity contribution in [2.24, 2.45) is 5.92 Å². The van der Waals surface area contributed by atoms with E-state index in [9.17, 15) is 4.79 Å². The van der Waals surface area contributed by atoms with Crippen LogP contribution in [0.3, 0.4) is 0 Å². The van der Waals surface area contributed by atoms with E-state index in [0.29, 0.717) is 12.5 Å². The molecule has 2 rings (SSSR count). The van der Waals surface area contributed by atoms with Gasteiger partial charge in [0, 0.05) is 13.1 Å². The third-order valence-electron chi connectivity index (χ3n) is 3.94. The Balaban J connectivity index is 1.89. The molecular formula is C13H24N2O2. The fraction of sp³-hybridized carbons (Fsp3) is 0.923. The fourth-order valence-electron chi connectivity index (χ4n) is 2.79. The molecule has 0 bridgehead atoms. The van der Waals surface area contributed by atoms with Gasteiger partial charge >= 0.3 is 0 Å². The van der Waals surface area contributed by atoms with Crippen LogP contribution >= 0.6 is 0 Å². The highest BCUT2D eigenvalue weighted by Crippen LogP contribution is 2.21. The molecule has 2 aliphatic heterocycles. The first-order valence-corrected chi connectivity index (χ1v) is 6.84. The second-order valence-electron chi connectivity index (χ2n) is 5.27. The van der Waals surface area contributed by atoms with Gasteiger partial charge in [-0.15, -0.1) is 0 Å². The molecule has 2 fully saturated rings. The zero-order valence-corrected chi connectivity index (χ0v) is 10.9. The first kappa shape index (κ1) is 12.8.